The molecule has 0 saturated carbocycles. The van der Waals surface area contributed by atoms with E-state index in [0.717, 1.165) is 22.3 Å². The molecule has 0 bridgehead atoms. The third kappa shape index (κ3) is 3.84. The minimum atomic E-state index is 0.414. The quantitative estimate of drug-likeness (QED) is 0.522. The zero-order chi connectivity index (χ0) is 18.6. The van der Waals surface area contributed by atoms with E-state index in [2.05, 4.69) is 56.8 Å². The predicted octanol–water partition coefficient (Wildman–Crippen LogP) is 5.03. The van der Waals surface area contributed by atoms with Gasteiger partial charge < -0.3 is 10.6 Å². The first-order valence-electron chi connectivity index (χ1n) is 8.86. The van der Waals surface area contributed by atoms with Crippen LogP contribution in [-0.4, -0.2) is 20.2 Å². The Morgan fingerprint density at radius 1 is 0.889 bits per heavy atom. The summed E-state index contributed by atoms with van der Waals surface area (Å²) in [5.41, 5.74) is 3.96. The molecule has 2 N–H and O–H groups in total. The van der Waals surface area contributed by atoms with E-state index in [1.807, 2.05) is 42.5 Å². The number of benzene rings is 2. The zero-order valence-corrected chi connectivity index (χ0v) is 15.2. The van der Waals surface area contributed by atoms with E-state index in [-0.39, 0.29) is 0 Å². The molecule has 4 rings (SSSR count). The van der Waals surface area contributed by atoms with Gasteiger partial charge in [0.25, 0.3) is 0 Å². The Kier molecular flexibility index (Phi) is 4.61. The van der Waals surface area contributed by atoms with Gasteiger partial charge in [0.1, 0.15) is 0 Å². The van der Waals surface area contributed by atoms with Crippen LogP contribution in [0.15, 0.2) is 67.0 Å². The van der Waals surface area contributed by atoms with Gasteiger partial charge in [0, 0.05) is 17.3 Å². The van der Waals surface area contributed by atoms with Gasteiger partial charge >= 0.3 is 0 Å². The highest BCUT2D eigenvalue weighted by Crippen LogP contribution is 2.24. The number of hydrogen-bond acceptors (Lipinski definition) is 6. The van der Waals surface area contributed by atoms with Crippen molar-refractivity contribution in [3.63, 3.8) is 0 Å². The first kappa shape index (κ1) is 16.9. The highest BCUT2D eigenvalue weighted by atomic mass is 15.3. The number of nitrogens with zero attached hydrogens (tertiary/aromatic N) is 4. The highest BCUT2D eigenvalue weighted by Gasteiger charge is 2.06. The van der Waals surface area contributed by atoms with Gasteiger partial charge in [-0.1, -0.05) is 44.2 Å². The molecule has 2 heterocycles. The Morgan fingerprint density at radius 3 is 2.52 bits per heavy atom. The number of rotatable bonds is 5. The smallest absolute Gasteiger partial charge is 0.249 e. The lowest BCUT2D eigenvalue weighted by atomic mass is 10.0. The van der Waals surface area contributed by atoms with Crippen molar-refractivity contribution in [2.24, 2.45) is 0 Å². The number of para-hydroxylation sites is 1. The molecule has 6 nitrogen and oxygen atoms in total. The van der Waals surface area contributed by atoms with E-state index in [0.29, 0.717) is 17.7 Å². The minimum Gasteiger partial charge on any atom is -0.339 e. The highest BCUT2D eigenvalue weighted by molar-refractivity contribution is 5.91. The second-order valence-corrected chi connectivity index (χ2v) is 6.57. The fraction of sp³-hybridized carbons (Fsp3) is 0.143. The fourth-order valence-corrected chi connectivity index (χ4v) is 2.84. The lowest BCUT2D eigenvalue weighted by Gasteiger charge is -2.10. The average molecular weight is 356 g/mol. The van der Waals surface area contributed by atoms with E-state index in [1.165, 1.54) is 5.56 Å². The van der Waals surface area contributed by atoms with Crippen LogP contribution in [0.25, 0.3) is 10.9 Å². The molecule has 0 radical (unpaired) electrons. The summed E-state index contributed by atoms with van der Waals surface area (Å²) in [5.74, 6) is 1.54. The lowest BCUT2D eigenvalue weighted by molar-refractivity contribution is 0.867. The first-order valence-corrected chi connectivity index (χ1v) is 8.86. The lowest BCUT2D eigenvalue weighted by Crippen LogP contribution is -2.03. The van der Waals surface area contributed by atoms with E-state index >= 15 is 0 Å². The Labute approximate surface area is 157 Å². The summed E-state index contributed by atoms with van der Waals surface area (Å²) < 4.78 is 0. The summed E-state index contributed by atoms with van der Waals surface area (Å²) in [5, 5.41) is 15.7. The van der Waals surface area contributed by atoms with Crippen LogP contribution in [0, 0.1) is 0 Å². The molecule has 0 amide bonds. The number of hydrogen-bond donors (Lipinski definition) is 2. The van der Waals surface area contributed by atoms with Crippen LogP contribution in [0.2, 0.25) is 0 Å². The summed E-state index contributed by atoms with van der Waals surface area (Å²) in [4.78, 5) is 8.94. The van der Waals surface area contributed by atoms with Crippen molar-refractivity contribution in [1.29, 1.82) is 0 Å². The van der Waals surface area contributed by atoms with Gasteiger partial charge in [-0.2, -0.15) is 10.1 Å². The molecule has 0 aliphatic heterocycles. The zero-order valence-electron chi connectivity index (χ0n) is 15.2. The second-order valence-electron chi connectivity index (χ2n) is 6.57. The van der Waals surface area contributed by atoms with Crippen LogP contribution in [0.5, 0.6) is 0 Å². The van der Waals surface area contributed by atoms with E-state index in [9.17, 15) is 0 Å². The van der Waals surface area contributed by atoms with Gasteiger partial charge in [-0.15, -0.1) is 5.10 Å². The molecular weight excluding hydrogens is 336 g/mol. The standard InChI is InChI=1S/C21H20N6/c1-14(2)15-8-10-17(11-9-15)24-19-13-23-27-21(26-19)25-18-7-3-5-16-6-4-12-22-20(16)18/h3-14H,1-2H3,(H2,24,25,26,27). The van der Waals surface area contributed by atoms with Gasteiger partial charge in [0.2, 0.25) is 5.95 Å². The molecule has 0 unspecified atom stereocenters. The molecule has 0 atom stereocenters. The topological polar surface area (TPSA) is 75.6 Å². The Hall–Kier alpha value is -3.54. The van der Waals surface area contributed by atoms with Crippen molar-refractivity contribution in [1.82, 2.24) is 20.2 Å². The van der Waals surface area contributed by atoms with Crippen LogP contribution >= 0.6 is 0 Å². The van der Waals surface area contributed by atoms with Crippen LogP contribution in [0.3, 0.4) is 0 Å². The number of nitrogens with one attached hydrogen (secondary N) is 2. The van der Waals surface area contributed by atoms with E-state index in [4.69, 9.17) is 0 Å². The van der Waals surface area contributed by atoms with Crippen LogP contribution in [0.4, 0.5) is 23.1 Å². The summed E-state index contributed by atoms with van der Waals surface area (Å²) in [6.45, 7) is 4.35. The van der Waals surface area contributed by atoms with Crippen molar-refractivity contribution < 1.29 is 0 Å². The van der Waals surface area contributed by atoms with Crippen molar-refractivity contribution in [3.8, 4) is 0 Å². The van der Waals surface area contributed by atoms with Crippen LogP contribution in [-0.2, 0) is 0 Å². The van der Waals surface area contributed by atoms with Crippen molar-refractivity contribution >= 4 is 34.0 Å². The SMILES string of the molecule is CC(C)c1ccc(Nc2cnnc(Nc3cccc4cccnc34)n2)cc1. The Balaban J connectivity index is 1.55. The predicted molar refractivity (Wildman–Crippen MR) is 109 cm³/mol. The molecule has 0 spiro atoms. The Bertz CT molecular complexity index is 1050. The monoisotopic (exact) mass is 356 g/mol. The summed E-state index contributed by atoms with van der Waals surface area (Å²) in [6.07, 6.45) is 3.37. The normalized spacial score (nSPS) is 10.9. The maximum atomic E-state index is 4.50. The average Bonchev–Trinajstić information content (AvgIpc) is 2.69. The number of fused-ring (bicyclic) bond motifs is 1. The van der Waals surface area contributed by atoms with E-state index < -0.39 is 0 Å². The molecule has 6 heteroatoms. The van der Waals surface area contributed by atoms with Gasteiger partial charge in [0.15, 0.2) is 5.82 Å². The van der Waals surface area contributed by atoms with Gasteiger partial charge in [0.05, 0.1) is 17.4 Å². The third-order valence-electron chi connectivity index (χ3n) is 4.29. The summed E-state index contributed by atoms with van der Waals surface area (Å²) in [7, 11) is 0. The molecule has 0 aliphatic carbocycles. The third-order valence-corrected chi connectivity index (χ3v) is 4.29. The first-order chi connectivity index (χ1) is 13.2. The molecule has 2 aromatic heterocycles. The molecular formula is C21H20N6. The second kappa shape index (κ2) is 7.37. The Morgan fingerprint density at radius 2 is 1.70 bits per heavy atom. The summed E-state index contributed by atoms with van der Waals surface area (Å²) >= 11 is 0. The van der Waals surface area contributed by atoms with E-state index in [1.54, 1.807) is 12.4 Å². The summed E-state index contributed by atoms with van der Waals surface area (Å²) in [6, 6.07) is 18.2. The van der Waals surface area contributed by atoms with Crippen molar-refractivity contribution in [2.45, 2.75) is 19.8 Å². The number of anilines is 4. The molecule has 4 aromatic rings. The van der Waals surface area contributed by atoms with Crippen LogP contribution < -0.4 is 10.6 Å². The van der Waals surface area contributed by atoms with Gasteiger partial charge in [-0.3, -0.25) is 4.98 Å². The van der Waals surface area contributed by atoms with Crippen molar-refractivity contribution in [3.05, 3.63) is 72.6 Å². The minimum absolute atomic E-state index is 0.414. The molecule has 27 heavy (non-hydrogen) atoms. The van der Waals surface area contributed by atoms with Gasteiger partial charge in [-0.05, 0) is 35.7 Å². The molecule has 134 valence electrons. The number of aromatic nitrogens is 4. The largest absolute Gasteiger partial charge is 0.339 e. The molecule has 2 aromatic carbocycles. The molecule has 0 saturated heterocycles. The maximum absolute atomic E-state index is 4.50. The van der Waals surface area contributed by atoms with Crippen molar-refractivity contribution in [2.75, 3.05) is 10.6 Å². The molecule has 0 fully saturated rings. The fourth-order valence-electron chi connectivity index (χ4n) is 2.84. The maximum Gasteiger partial charge on any atom is 0.249 e. The molecule has 0 aliphatic rings. The van der Waals surface area contributed by atoms with Crippen LogP contribution in [0.1, 0.15) is 25.3 Å². The van der Waals surface area contributed by atoms with Gasteiger partial charge in [-0.25, -0.2) is 0 Å². The number of pyridine rings is 1.